The van der Waals surface area contributed by atoms with Crippen molar-refractivity contribution in [3.63, 3.8) is 0 Å². The number of allylic oxidation sites excluding steroid dienone is 2. The first-order valence-electron chi connectivity index (χ1n) is 4.44. The minimum absolute atomic E-state index is 0.516. The molecule has 0 aromatic heterocycles. The average molecular weight is 191 g/mol. The molecule has 2 N–H and O–H groups in total. The summed E-state index contributed by atoms with van der Waals surface area (Å²) >= 11 is 0. The molecule has 0 aromatic rings. The Kier molecular flexibility index (Phi) is 2.04. The zero-order valence-electron chi connectivity index (χ0n) is 8.29. The van der Waals surface area contributed by atoms with Gasteiger partial charge in [0.25, 0.3) is 0 Å². The van der Waals surface area contributed by atoms with Crippen molar-refractivity contribution in [3.05, 3.63) is 35.4 Å². The Hall–Kier alpha value is -1.71. The Balaban J connectivity index is 2.31. The number of hydrogen-bond acceptors (Lipinski definition) is 3. The Labute approximate surface area is 83.1 Å². The zero-order chi connectivity index (χ0) is 10.1. The highest BCUT2D eigenvalue weighted by atomic mass is 16.5. The smallest absolute Gasteiger partial charge is 0.190 e. The van der Waals surface area contributed by atoms with Crippen molar-refractivity contribution in [2.24, 2.45) is 0 Å². The van der Waals surface area contributed by atoms with E-state index in [1.165, 1.54) is 5.57 Å². The van der Waals surface area contributed by atoms with Crippen molar-refractivity contribution in [3.8, 4) is 0 Å². The van der Waals surface area contributed by atoms with E-state index in [-0.39, 0.29) is 0 Å². The van der Waals surface area contributed by atoms with Crippen molar-refractivity contribution in [1.82, 2.24) is 10.2 Å². The van der Waals surface area contributed by atoms with Gasteiger partial charge in [-0.15, -0.1) is 0 Å². The van der Waals surface area contributed by atoms with Gasteiger partial charge in [0.15, 0.2) is 5.88 Å². The standard InChI is InChI=1S/C10H13N3O/c1-13-6-7-3-4-10(14-2)12-8(7)5-9(13)11/h3-5,11-12H,6H2,1-2H3. The number of likely N-dealkylation sites (N-methyl/N-ethyl adjacent to an activating group) is 1. The first-order valence-corrected chi connectivity index (χ1v) is 4.44. The second-order valence-electron chi connectivity index (χ2n) is 3.35. The highest BCUT2D eigenvalue weighted by Crippen LogP contribution is 2.20. The van der Waals surface area contributed by atoms with Gasteiger partial charge < -0.3 is 15.0 Å². The minimum atomic E-state index is 0.516. The fourth-order valence-corrected chi connectivity index (χ4v) is 1.49. The van der Waals surface area contributed by atoms with Crippen molar-refractivity contribution in [1.29, 1.82) is 5.41 Å². The highest BCUT2D eigenvalue weighted by Gasteiger charge is 2.19. The number of rotatable bonds is 1. The average Bonchev–Trinajstić information content (AvgIpc) is 2.19. The molecule has 2 rings (SSSR count). The molecular weight excluding hydrogens is 178 g/mol. The normalized spacial score (nSPS) is 20.3. The van der Waals surface area contributed by atoms with Crippen LogP contribution in [0.2, 0.25) is 0 Å². The van der Waals surface area contributed by atoms with Crippen LogP contribution in [-0.4, -0.2) is 31.4 Å². The summed E-state index contributed by atoms with van der Waals surface area (Å²) in [6.45, 7) is 0.769. The first-order chi connectivity index (χ1) is 6.70. The summed E-state index contributed by atoms with van der Waals surface area (Å²) in [4.78, 5) is 1.89. The third kappa shape index (κ3) is 1.39. The Morgan fingerprint density at radius 1 is 1.50 bits per heavy atom. The molecule has 14 heavy (non-hydrogen) atoms. The molecule has 0 radical (unpaired) electrons. The van der Waals surface area contributed by atoms with Gasteiger partial charge in [-0.3, -0.25) is 5.41 Å². The molecule has 0 spiro atoms. The van der Waals surface area contributed by atoms with Gasteiger partial charge in [-0.25, -0.2) is 0 Å². The van der Waals surface area contributed by atoms with Crippen LogP contribution >= 0.6 is 0 Å². The molecule has 0 unspecified atom stereocenters. The summed E-state index contributed by atoms with van der Waals surface area (Å²) in [7, 11) is 3.53. The Morgan fingerprint density at radius 3 is 3.00 bits per heavy atom. The molecule has 0 saturated carbocycles. The van der Waals surface area contributed by atoms with Gasteiger partial charge in [-0.1, -0.05) is 0 Å². The number of nitrogens with zero attached hydrogens (tertiary/aromatic N) is 1. The van der Waals surface area contributed by atoms with E-state index < -0.39 is 0 Å². The highest BCUT2D eigenvalue weighted by molar-refractivity contribution is 5.93. The predicted molar refractivity (Wildman–Crippen MR) is 54.8 cm³/mol. The summed E-state index contributed by atoms with van der Waals surface area (Å²) in [6.07, 6.45) is 5.72. The van der Waals surface area contributed by atoms with Gasteiger partial charge in [0, 0.05) is 25.4 Å². The first kappa shape index (κ1) is 8.87. The number of amidine groups is 1. The lowest BCUT2D eigenvalue weighted by Crippen LogP contribution is -2.35. The topological polar surface area (TPSA) is 48.4 Å². The van der Waals surface area contributed by atoms with Crippen molar-refractivity contribution in [2.75, 3.05) is 20.7 Å². The van der Waals surface area contributed by atoms with Crippen LogP contribution in [0.4, 0.5) is 0 Å². The minimum Gasteiger partial charge on any atom is -0.482 e. The van der Waals surface area contributed by atoms with Crippen LogP contribution in [0.1, 0.15) is 0 Å². The molecule has 0 bridgehead atoms. The summed E-state index contributed by atoms with van der Waals surface area (Å²) in [5.74, 6) is 1.24. The van der Waals surface area contributed by atoms with Crippen LogP contribution in [0.15, 0.2) is 35.4 Å². The van der Waals surface area contributed by atoms with Crippen LogP contribution in [0.5, 0.6) is 0 Å². The second kappa shape index (κ2) is 3.21. The molecule has 0 fully saturated rings. The summed E-state index contributed by atoms with van der Waals surface area (Å²) < 4.78 is 5.08. The molecule has 0 aromatic carbocycles. The number of fused-ring (bicyclic) bond motifs is 1. The lowest BCUT2D eigenvalue weighted by Gasteiger charge is -2.29. The van der Waals surface area contributed by atoms with Crippen LogP contribution in [0.25, 0.3) is 0 Å². The van der Waals surface area contributed by atoms with Crippen LogP contribution in [0.3, 0.4) is 0 Å². The number of ether oxygens (including phenoxy) is 1. The van der Waals surface area contributed by atoms with Crippen LogP contribution in [0, 0.1) is 5.41 Å². The Bertz CT molecular complexity index is 366. The number of nitrogens with one attached hydrogen (secondary N) is 2. The molecule has 0 amide bonds. The largest absolute Gasteiger partial charge is 0.482 e. The van der Waals surface area contributed by atoms with E-state index in [1.807, 2.05) is 24.1 Å². The molecule has 4 heteroatoms. The van der Waals surface area contributed by atoms with E-state index in [0.29, 0.717) is 5.84 Å². The second-order valence-corrected chi connectivity index (χ2v) is 3.35. The van der Waals surface area contributed by atoms with Crippen LogP contribution < -0.4 is 5.32 Å². The third-order valence-corrected chi connectivity index (χ3v) is 2.36. The molecule has 2 aliphatic rings. The van der Waals surface area contributed by atoms with E-state index in [9.17, 15) is 0 Å². The third-order valence-electron chi connectivity index (χ3n) is 2.36. The van der Waals surface area contributed by atoms with Gasteiger partial charge >= 0.3 is 0 Å². The maximum Gasteiger partial charge on any atom is 0.190 e. The summed E-state index contributed by atoms with van der Waals surface area (Å²) in [5.41, 5.74) is 2.15. The van der Waals surface area contributed by atoms with Gasteiger partial charge in [-0.05, 0) is 17.7 Å². The van der Waals surface area contributed by atoms with Crippen molar-refractivity contribution in [2.45, 2.75) is 0 Å². The van der Waals surface area contributed by atoms with E-state index in [0.717, 1.165) is 18.1 Å². The summed E-state index contributed by atoms with van der Waals surface area (Å²) in [6, 6.07) is 0. The van der Waals surface area contributed by atoms with E-state index in [4.69, 9.17) is 10.1 Å². The fourth-order valence-electron chi connectivity index (χ4n) is 1.49. The predicted octanol–water partition coefficient (Wildman–Crippen LogP) is 0.810. The van der Waals surface area contributed by atoms with Gasteiger partial charge in [0.2, 0.25) is 0 Å². The van der Waals surface area contributed by atoms with Gasteiger partial charge in [0.1, 0.15) is 5.84 Å². The maximum atomic E-state index is 7.66. The lowest BCUT2D eigenvalue weighted by atomic mass is 10.1. The van der Waals surface area contributed by atoms with Gasteiger partial charge in [0.05, 0.1) is 7.11 Å². The molecule has 0 aliphatic carbocycles. The van der Waals surface area contributed by atoms with Crippen molar-refractivity contribution < 1.29 is 4.74 Å². The van der Waals surface area contributed by atoms with Crippen LogP contribution in [-0.2, 0) is 4.74 Å². The van der Waals surface area contributed by atoms with Crippen molar-refractivity contribution >= 4 is 5.84 Å². The quantitative estimate of drug-likeness (QED) is 0.645. The van der Waals surface area contributed by atoms with E-state index in [2.05, 4.69) is 5.32 Å². The molecule has 0 atom stereocenters. The maximum absolute atomic E-state index is 7.66. The summed E-state index contributed by atoms with van der Waals surface area (Å²) in [5, 5.41) is 10.8. The van der Waals surface area contributed by atoms with E-state index in [1.54, 1.807) is 13.2 Å². The number of dihydropyridines is 1. The molecule has 2 heterocycles. The zero-order valence-corrected chi connectivity index (χ0v) is 8.29. The SMILES string of the molecule is COC1=CC=C2CN(C)C(=N)C=C2N1. The monoisotopic (exact) mass is 191 g/mol. The number of hydrogen-bond donors (Lipinski definition) is 2. The molecule has 74 valence electrons. The lowest BCUT2D eigenvalue weighted by molar-refractivity contribution is 0.268. The van der Waals surface area contributed by atoms with Gasteiger partial charge in [-0.2, -0.15) is 0 Å². The molecule has 4 nitrogen and oxygen atoms in total. The molecule has 2 aliphatic heterocycles. The fraction of sp³-hybridized carbons (Fsp3) is 0.300. The molecule has 0 saturated heterocycles. The Morgan fingerprint density at radius 2 is 2.29 bits per heavy atom. The van der Waals surface area contributed by atoms with E-state index >= 15 is 0 Å². The number of methoxy groups -OCH3 is 1. The molecular formula is C10H13N3O.